The third-order valence-corrected chi connectivity index (χ3v) is 5.53. The maximum Gasteiger partial charge on any atom is 0.268 e. The van der Waals surface area contributed by atoms with Crippen molar-refractivity contribution in [1.29, 1.82) is 0 Å². The molecule has 1 aliphatic carbocycles. The first-order valence-corrected chi connectivity index (χ1v) is 9.32. The van der Waals surface area contributed by atoms with Gasteiger partial charge in [-0.15, -0.1) is 0 Å². The van der Waals surface area contributed by atoms with E-state index in [1.165, 1.54) is 19.3 Å². The van der Waals surface area contributed by atoms with Crippen molar-refractivity contribution >= 4 is 33.6 Å². The molecule has 2 unspecified atom stereocenters. The highest BCUT2D eigenvalue weighted by molar-refractivity contribution is 9.10. The van der Waals surface area contributed by atoms with Crippen LogP contribution in [0.4, 0.5) is 0 Å². The van der Waals surface area contributed by atoms with Gasteiger partial charge in [0.25, 0.3) is 5.91 Å². The highest BCUT2D eigenvalue weighted by Crippen LogP contribution is 2.28. The van der Waals surface area contributed by atoms with Crippen molar-refractivity contribution in [3.05, 3.63) is 22.4 Å². The molecule has 2 atom stereocenters. The summed E-state index contributed by atoms with van der Waals surface area (Å²) in [6, 6.07) is 2.50. The minimum absolute atomic E-state index is 0.0513. The van der Waals surface area contributed by atoms with Crippen molar-refractivity contribution < 1.29 is 4.79 Å². The fraction of sp³-hybridized carbons (Fsp3) is 0.667. The average molecular weight is 359 g/mol. The summed E-state index contributed by atoms with van der Waals surface area (Å²) in [6.45, 7) is 4.18. The minimum atomic E-state index is 0.0513. The van der Waals surface area contributed by atoms with Crippen LogP contribution in [0, 0.1) is 0 Å². The number of aromatic nitrogens is 1. The van der Waals surface area contributed by atoms with Gasteiger partial charge in [0.2, 0.25) is 0 Å². The number of halogens is 1. The molecule has 1 amide bonds. The van der Waals surface area contributed by atoms with Gasteiger partial charge in [0.15, 0.2) is 0 Å². The Balaban J connectivity index is 2.11. The summed E-state index contributed by atoms with van der Waals surface area (Å²) >= 11 is 5.34. The second-order valence-corrected chi connectivity index (χ2v) is 7.68. The fourth-order valence-electron chi connectivity index (χ4n) is 2.84. The molecule has 2 rings (SSSR count). The van der Waals surface area contributed by atoms with E-state index >= 15 is 0 Å². The molecule has 3 nitrogen and oxygen atoms in total. The second kappa shape index (κ2) is 7.03. The van der Waals surface area contributed by atoms with Gasteiger partial charge in [-0.1, -0.05) is 12.8 Å². The molecule has 0 aliphatic heterocycles. The maximum absolute atomic E-state index is 12.6. The van der Waals surface area contributed by atoms with Gasteiger partial charge < -0.3 is 9.88 Å². The van der Waals surface area contributed by atoms with Crippen molar-refractivity contribution in [1.82, 2.24) is 9.88 Å². The summed E-state index contributed by atoms with van der Waals surface area (Å²) in [4.78, 5) is 12.6. The van der Waals surface area contributed by atoms with Crippen LogP contribution in [0.2, 0.25) is 0 Å². The van der Waals surface area contributed by atoms with Crippen LogP contribution in [0.15, 0.2) is 16.7 Å². The normalized spacial score (nSPS) is 23.1. The van der Waals surface area contributed by atoms with Gasteiger partial charge in [0.05, 0.1) is 0 Å². The number of nitrogens with zero attached hydrogens (tertiary/aromatic N) is 1. The van der Waals surface area contributed by atoms with Crippen LogP contribution >= 0.6 is 27.7 Å². The smallest absolute Gasteiger partial charge is 0.268 e. The standard InChI is InChI=1S/C15H23BrN2OS/c1-10(2)18-9-11(16)8-13(18)15(19)17-12-6-4-5-7-14(12)20-3/h8-10,12,14H,4-7H2,1-3H3,(H,17,19). The van der Waals surface area contributed by atoms with Crippen molar-refractivity contribution in [2.24, 2.45) is 0 Å². The topological polar surface area (TPSA) is 34.0 Å². The second-order valence-electron chi connectivity index (χ2n) is 5.68. The van der Waals surface area contributed by atoms with Crippen LogP contribution < -0.4 is 5.32 Å². The van der Waals surface area contributed by atoms with Gasteiger partial charge in [-0.2, -0.15) is 11.8 Å². The summed E-state index contributed by atoms with van der Waals surface area (Å²) in [7, 11) is 0. The van der Waals surface area contributed by atoms with Crippen LogP contribution in [-0.2, 0) is 0 Å². The molecule has 1 heterocycles. The van der Waals surface area contributed by atoms with E-state index in [1.807, 2.05) is 28.6 Å². The van der Waals surface area contributed by atoms with Crippen LogP contribution in [-0.4, -0.2) is 28.0 Å². The monoisotopic (exact) mass is 358 g/mol. The molecular formula is C15H23BrN2OS. The molecule has 5 heteroatoms. The van der Waals surface area contributed by atoms with E-state index in [0.717, 1.165) is 16.6 Å². The highest BCUT2D eigenvalue weighted by Gasteiger charge is 2.27. The van der Waals surface area contributed by atoms with Crippen LogP contribution in [0.5, 0.6) is 0 Å². The Hall–Kier alpha value is -0.420. The third-order valence-electron chi connectivity index (χ3n) is 3.93. The van der Waals surface area contributed by atoms with Crippen LogP contribution in [0.25, 0.3) is 0 Å². The minimum Gasteiger partial charge on any atom is -0.347 e. The average Bonchev–Trinajstić information content (AvgIpc) is 2.82. The van der Waals surface area contributed by atoms with E-state index in [9.17, 15) is 4.79 Å². The zero-order valence-corrected chi connectivity index (χ0v) is 14.8. The number of thioether (sulfide) groups is 1. The Morgan fingerprint density at radius 2 is 2.15 bits per heavy atom. The predicted octanol–water partition coefficient (Wildman–Crippen LogP) is 4.24. The number of hydrogen-bond acceptors (Lipinski definition) is 2. The molecule has 1 fully saturated rings. The van der Waals surface area contributed by atoms with Crippen molar-refractivity contribution in [2.45, 2.75) is 56.9 Å². The van der Waals surface area contributed by atoms with E-state index < -0.39 is 0 Å². The number of rotatable bonds is 4. The Labute approximate surface area is 134 Å². The van der Waals surface area contributed by atoms with Gasteiger partial charge in [-0.25, -0.2) is 0 Å². The molecule has 0 radical (unpaired) electrons. The summed E-state index contributed by atoms with van der Waals surface area (Å²) in [5.41, 5.74) is 0.748. The van der Waals surface area contributed by atoms with Gasteiger partial charge in [0, 0.05) is 28.0 Å². The zero-order chi connectivity index (χ0) is 14.7. The molecule has 0 saturated heterocycles. The van der Waals surface area contributed by atoms with Gasteiger partial charge in [-0.05, 0) is 54.9 Å². The number of carbonyl (C=O) groups is 1. The summed E-state index contributed by atoms with van der Waals surface area (Å²) in [6.07, 6.45) is 8.93. The number of carbonyl (C=O) groups excluding carboxylic acids is 1. The molecule has 1 aromatic rings. The van der Waals surface area contributed by atoms with Crippen molar-refractivity contribution in [3.63, 3.8) is 0 Å². The first kappa shape index (κ1) is 16.0. The zero-order valence-electron chi connectivity index (χ0n) is 12.4. The van der Waals surface area contributed by atoms with Gasteiger partial charge >= 0.3 is 0 Å². The number of hydrogen-bond donors (Lipinski definition) is 1. The van der Waals surface area contributed by atoms with Crippen molar-refractivity contribution in [2.75, 3.05) is 6.26 Å². The quantitative estimate of drug-likeness (QED) is 0.873. The molecule has 0 spiro atoms. The lowest BCUT2D eigenvalue weighted by atomic mass is 9.95. The van der Waals surface area contributed by atoms with E-state index in [1.54, 1.807) is 0 Å². The Morgan fingerprint density at radius 3 is 2.80 bits per heavy atom. The Bertz CT molecular complexity index is 472. The van der Waals surface area contributed by atoms with E-state index in [0.29, 0.717) is 11.3 Å². The summed E-state index contributed by atoms with van der Waals surface area (Å²) < 4.78 is 2.98. The Morgan fingerprint density at radius 1 is 1.45 bits per heavy atom. The van der Waals surface area contributed by atoms with E-state index in [2.05, 4.69) is 41.3 Å². The summed E-state index contributed by atoms with van der Waals surface area (Å²) in [5, 5.41) is 3.80. The lowest BCUT2D eigenvalue weighted by molar-refractivity contribution is 0.0918. The molecule has 1 saturated carbocycles. The molecular weight excluding hydrogens is 336 g/mol. The third kappa shape index (κ3) is 3.61. The number of nitrogens with one attached hydrogen (secondary N) is 1. The first-order chi connectivity index (χ1) is 9.52. The van der Waals surface area contributed by atoms with Crippen LogP contribution in [0.1, 0.15) is 56.1 Å². The molecule has 112 valence electrons. The Kier molecular flexibility index (Phi) is 5.61. The van der Waals surface area contributed by atoms with Gasteiger partial charge in [-0.3, -0.25) is 4.79 Å². The van der Waals surface area contributed by atoms with E-state index in [-0.39, 0.29) is 11.9 Å². The van der Waals surface area contributed by atoms with Crippen molar-refractivity contribution in [3.8, 4) is 0 Å². The molecule has 1 N–H and O–H groups in total. The van der Waals surface area contributed by atoms with E-state index in [4.69, 9.17) is 0 Å². The van der Waals surface area contributed by atoms with Gasteiger partial charge in [0.1, 0.15) is 5.69 Å². The molecule has 0 aromatic carbocycles. The number of amides is 1. The molecule has 1 aromatic heterocycles. The van der Waals surface area contributed by atoms with Crippen LogP contribution in [0.3, 0.4) is 0 Å². The predicted molar refractivity (Wildman–Crippen MR) is 89.5 cm³/mol. The molecule has 1 aliphatic rings. The lowest BCUT2D eigenvalue weighted by Gasteiger charge is -2.31. The molecule has 20 heavy (non-hydrogen) atoms. The molecule has 0 bridgehead atoms. The maximum atomic E-state index is 12.6. The fourth-order valence-corrected chi connectivity index (χ4v) is 4.21. The SMILES string of the molecule is CSC1CCCCC1NC(=O)c1cc(Br)cn1C(C)C. The lowest BCUT2D eigenvalue weighted by Crippen LogP contribution is -2.44. The highest BCUT2D eigenvalue weighted by atomic mass is 79.9. The largest absolute Gasteiger partial charge is 0.347 e. The summed E-state index contributed by atoms with van der Waals surface area (Å²) in [5.74, 6) is 0.0513. The first-order valence-electron chi connectivity index (χ1n) is 7.24.